The van der Waals surface area contributed by atoms with Gasteiger partial charge in [-0.2, -0.15) is 13.2 Å². The minimum Gasteiger partial charge on any atom is -0.497 e. The molecule has 0 aliphatic heterocycles. The van der Waals surface area contributed by atoms with Gasteiger partial charge in [0.1, 0.15) is 18.0 Å². The number of benzene rings is 1. The third-order valence-corrected chi connectivity index (χ3v) is 2.56. The van der Waals surface area contributed by atoms with Crippen molar-refractivity contribution < 1.29 is 27.4 Å². The van der Waals surface area contributed by atoms with Crippen LogP contribution in [0.4, 0.5) is 13.2 Å². The molecule has 0 saturated carbocycles. The molecule has 0 saturated heterocycles. The minimum absolute atomic E-state index is 0.298. The van der Waals surface area contributed by atoms with Gasteiger partial charge in [-0.1, -0.05) is 6.07 Å². The van der Waals surface area contributed by atoms with Gasteiger partial charge in [0.25, 0.3) is 5.91 Å². The van der Waals surface area contributed by atoms with E-state index >= 15 is 0 Å². The van der Waals surface area contributed by atoms with E-state index in [0.717, 1.165) is 0 Å². The van der Waals surface area contributed by atoms with Crippen LogP contribution in [0.15, 0.2) is 18.2 Å². The number of nitrogens with one attached hydrogen (secondary N) is 1. The Morgan fingerprint density at radius 1 is 1.43 bits per heavy atom. The average molecular weight is 306 g/mol. The second-order valence-electron chi connectivity index (χ2n) is 4.37. The van der Waals surface area contributed by atoms with Crippen molar-refractivity contribution in [3.63, 3.8) is 0 Å². The van der Waals surface area contributed by atoms with Crippen LogP contribution < -0.4 is 20.5 Å². The maximum absolute atomic E-state index is 12.0. The van der Waals surface area contributed by atoms with Crippen molar-refractivity contribution >= 4 is 5.91 Å². The summed E-state index contributed by atoms with van der Waals surface area (Å²) >= 11 is 0. The SMILES string of the molecule is COc1ccc(C(C)N)c(OCC(=O)NCC(F)(F)F)c1. The summed E-state index contributed by atoms with van der Waals surface area (Å²) in [6, 6.07) is 4.52. The van der Waals surface area contributed by atoms with Crippen molar-refractivity contribution in [2.24, 2.45) is 5.73 Å². The number of hydrogen-bond acceptors (Lipinski definition) is 4. The number of rotatable bonds is 6. The molecule has 0 aliphatic rings. The number of carbonyl (C=O) groups is 1. The molecule has 118 valence electrons. The first kappa shape index (κ1) is 17.1. The molecule has 1 atom stereocenters. The Bertz CT molecular complexity index is 490. The standard InChI is InChI=1S/C13H17F3N2O3/c1-8(17)10-4-3-9(20-2)5-11(10)21-6-12(19)18-7-13(14,15)16/h3-5,8H,6-7,17H2,1-2H3,(H,18,19). The lowest BCUT2D eigenvalue weighted by atomic mass is 10.1. The van der Waals surface area contributed by atoms with E-state index in [0.29, 0.717) is 17.1 Å². The molecule has 8 heteroatoms. The monoisotopic (exact) mass is 306 g/mol. The third-order valence-electron chi connectivity index (χ3n) is 2.56. The maximum Gasteiger partial charge on any atom is 0.405 e. The van der Waals surface area contributed by atoms with Crippen LogP contribution in [-0.2, 0) is 4.79 Å². The Kier molecular flexibility index (Phi) is 5.83. The van der Waals surface area contributed by atoms with E-state index in [9.17, 15) is 18.0 Å². The Morgan fingerprint density at radius 2 is 2.10 bits per heavy atom. The lowest BCUT2D eigenvalue weighted by Crippen LogP contribution is -2.36. The van der Waals surface area contributed by atoms with Gasteiger partial charge in [-0.15, -0.1) is 0 Å². The number of nitrogens with two attached hydrogens (primary N) is 1. The van der Waals surface area contributed by atoms with Crippen LogP contribution in [0.1, 0.15) is 18.5 Å². The highest BCUT2D eigenvalue weighted by atomic mass is 19.4. The van der Waals surface area contributed by atoms with Gasteiger partial charge in [0.05, 0.1) is 7.11 Å². The van der Waals surface area contributed by atoms with Crippen molar-refractivity contribution in [2.45, 2.75) is 19.1 Å². The molecule has 1 unspecified atom stereocenters. The largest absolute Gasteiger partial charge is 0.497 e. The van der Waals surface area contributed by atoms with Crippen molar-refractivity contribution in [2.75, 3.05) is 20.3 Å². The van der Waals surface area contributed by atoms with Crippen LogP contribution in [0, 0.1) is 0 Å². The predicted octanol–water partition coefficient (Wildman–Crippen LogP) is 1.77. The number of methoxy groups -OCH3 is 1. The number of amides is 1. The summed E-state index contributed by atoms with van der Waals surface area (Å²) in [5.41, 5.74) is 6.38. The lowest BCUT2D eigenvalue weighted by Gasteiger charge is -2.15. The fraction of sp³-hybridized carbons (Fsp3) is 0.462. The van der Waals surface area contributed by atoms with Crippen LogP contribution in [0.25, 0.3) is 0 Å². The molecule has 0 heterocycles. The molecule has 5 nitrogen and oxygen atoms in total. The zero-order valence-electron chi connectivity index (χ0n) is 11.7. The molecular weight excluding hydrogens is 289 g/mol. The number of halogens is 3. The number of hydrogen-bond donors (Lipinski definition) is 2. The molecule has 3 N–H and O–H groups in total. The van der Waals surface area contributed by atoms with Crippen LogP contribution in [-0.4, -0.2) is 32.3 Å². The molecule has 0 aliphatic carbocycles. The first-order valence-corrected chi connectivity index (χ1v) is 6.12. The Hall–Kier alpha value is -1.96. The molecule has 0 fully saturated rings. The minimum atomic E-state index is -4.46. The summed E-state index contributed by atoms with van der Waals surface area (Å²) in [4.78, 5) is 11.3. The van der Waals surface area contributed by atoms with Crippen molar-refractivity contribution in [1.29, 1.82) is 0 Å². The van der Waals surface area contributed by atoms with Crippen LogP contribution in [0.3, 0.4) is 0 Å². The quantitative estimate of drug-likeness (QED) is 0.840. The second-order valence-corrected chi connectivity index (χ2v) is 4.37. The van der Waals surface area contributed by atoms with Crippen molar-refractivity contribution in [3.05, 3.63) is 23.8 Å². The molecule has 1 amide bonds. The predicted molar refractivity (Wildman–Crippen MR) is 70.2 cm³/mol. The third kappa shape index (κ3) is 5.90. The molecule has 0 spiro atoms. The molecule has 0 radical (unpaired) electrons. The Morgan fingerprint density at radius 3 is 2.62 bits per heavy atom. The maximum atomic E-state index is 12.0. The van der Waals surface area contributed by atoms with E-state index in [4.69, 9.17) is 15.2 Å². The molecule has 0 aromatic heterocycles. The number of ether oxygens (including phenoxy) is 2. The van der Waals surface area contributed by atoms with Gasteiger partial charge in [-0.3, -0.25) is 4.79 Å². The fourth-order valence-corrected chi connectivity index (χ4v) is 1.54. The molecule has 1 rings (SSSR count). The van der Waals surface area contributed by atoms with Gasteiger partial charge in [-0.25, -0.2) is 0 Å². The first-order valence-electron chi connectivity index (χ1n) is 6.12. The summed E-state index contributed by atoms with van der Waals surface area (Å²) in [5.74, 6) is -0.0811. The van der Waals surface area contributed by atoms with Gasteiger partial charge < -0.3 is 20.5 Å². The smallest absolute Gasteiger partial charge is 0.405 e. The van der Waals surface area contributed by atoms with Gasteiger partial charge >= 0.3 is 6.18 Å². The van der Waals surface area contributed by atoms with Gasteiger partial charge in [0.2, 0.25) is 0 Å². The van der Waals surface area contributed by atoms with E-state index in [-0.39, 0.29) is 6.04 Å². The highest BCUT2D eigenvalue weighted by Gasteiger charge is 2.27. The molecule has 0 bridgehead atoms. The average Bonchev–Trinajstić information content (AvgIpc) is 2.41. The zero-order chi connectivity index (χ0) is 16.0. The van der Waals surface area contributed by atoms with Crippen LogP contribution in [0.2, 0.25) is 0 Å². The molecule has 1 aromatic carbocycles. The highest BCUT2D eigenvalue weighted by Crippen LogP contribution is 2.28. The molecule has 1 aromatic rings. The van der Waals surface area contributed by atoms with Crippen molar-refractivity contribution in [1.82, 2.24) is 5.32 Å². The van der Waals surface area contributed by atoms with Crippen LogP contribution in [0.5, 0.6) is 11.5 Å². The first-order chi connectivity index (χ1) is 9.73. The highest BCUT2D eigenvalue weighted by molar-refractivity contribution is 5.77. The normalized spacial score (nSPS) is 12.7. The number of alkyl halides is 3. The van der Waals surface area contributed by atoms with Gasteiger partial charge in [0, 0.05) is 17.7 Å². The fourth-order valence-electron chi connectivity index (χ4n) is 1.54. The Balaban J connectivity index is 2.67. The van der Waals surface area contributed by atoms with Crippen molar-refractivity contribution in [3.8, 4) is 11.5 Å². The lowest BCUT2D eigenvalue weighted by molar-refractivity contribution is -0.139. The van der Waals surface area contributed by atoms with E-state index in [1.165, 1.54) is 13.2 Å². The topological polar surface area (TPSA) is 73.6 Å². The second kappa shape index (κ2) is 7.16. The summed E-state index contributed by atoms with van der Waals surface area (Å²) in [7, 11) is 1.46. The summed E-state index contributed by atoms with van der Waals surface area (Å²) in [6.45, 7) is -0.213. The molecule has 21 heavy (non-hydrogen) atoms. The summed E-state index contributed by atoms with van der Waals surface area (Å²) in [5, 5.41) is 1.72. The van der Waals surface area contributed by atoms with Crippen LogP contribution >= 0.6 is 0 Å². The summed E-state index contributed by atoms with van der Waals surface area (Å²) in [6.07, 6.45) is -4.46. The number of carbonyl (C=O) groups excluding carboxylic acids is 1. The van der Waals surface area contributed by atoms with E-state index in [1.54, 1.807) is 24.4 Å². The Labute approximate surface area is 120 Å². The molecular formula is C13H17F3N2O3. The van der Waals surface area contributed by atoms with E-state index in [2.05, 4.69) is 0 Å². The zero-order valence-corrected chi connectivity index (χ0v) is 11.7. The van der Waals surface area contributed by atoms with Gasteiger partial charge in [-0.05, 0) is 13.0 Å². The summed E-state index contributed by atoms with van der Waals surface area (Å²) < 4.78 is 46.1. The van der Waals surface area contributed by atoms with E-state index < -0.39 is 25.2 Å². The van der Waals surface area contributed by atoms with Gasteiger partial charge in [0.15, 0.2) is 6.61 Å². The van der Waals surface area contributed by atoms with E-state index in [1.807, 2.05) is 0 Å².